The number of carboxylic acid groups (broad SMARTS) is 1. The van der Waals surface area contributed by atoms with E-state index in [1.807, 2.05) is 6.92 Å². The van der Waals surface area contributed by atoms with Crippen LogP contribution in [0.5, 0.6) is 0 Å². The number of aliphatic hydroxyl groups excluding tert-OH is 2. The number of aliphatic carboxylic acids is 1. The van der Waals surface area contributed by atoms with Gasteiger partial charge in [0.25, 0.3) is 0 Å². The molecule has 5 heteroatoms. The van der Waals surface area contributed by atoms with Crippen LogP contribution in [0, 0.1) is 0 Å². The molecule has 0 heterocycles. The minimum atomic E-state index is -0.892. The summed E-state index contributed by atoms with van der Waals surface area (Å²) in [4.78, 5) is 10.2. The molecule has 86 valence electrons. The third kappa shape index (κ3) is 13.9. The van der Waals surface area contributed by atoms with E-state index >= 15 is 0 Å². The molecule has 1 atom stereocenters. The summed E-state index contributed by atoms with van der Waals surface area (Å²) in [6.45, 7) is 3.87. The Hall–Kier alpha value is -0.650. The lowest BCUT2D eigenvalue weighted by molar-refractivity contribution is -0.149. The number of rotatable bonds is 6. The summed E-state index contributed by atoms with van der Waals surface area (Å²) in [5, 5.41) is 23.6. The maximum atomic E-state index is 10.2. The van der Waals surface area contributed by atoms with Crippen molar-refractivity contribution in [3.8, 4) is 0 Å². The number of hydrogen-bond acceptors (Lipinski definition) is 4. The Morgan fingerprint density at radius 3 is 2.14 bits per heavy atom. The number of unbranched alkanes of at least 4 members (excludes halogenated alkanes) is 1. The van der Waals surface area contributed by atoms with Crippen LogP contribution in [0.3, 0.4) is 0 Å². The van der Waals surface area contributed by atoms with E-state index in [9.17, 15) is 4.79 Å². The van der Waals surface area contributed by atoms with Gasteiger partial charge in [0.05, 0.1) is 13.2 Å². The quantitative estimate of drug-likeness (QED) is 0.544. The first-order valence-electron chi connectivity index (χ1n) is 4.66. The molecule has 0 aliphatic rings. The standard InChI is InChI=1S/C7H14O3.C2H6O2/c1-3-4-5-10-6(2)7(8)9;3-1-2-4/h6H,3-5H2,1-2H3,(H,8,9);3-4H,1-2H2. The molecule has 3 N–H and O–H groups in total. The lowest BCUT2D eigenvalue weighted by atomic mass is 10.3. The Labute approximate surface area is 84.3 Å². The molecule has 0 bridgehead atoms. The maximum Gasteiger partial charge on any atom is 0.332 e. The number of carboxylic acids is 1. The van der Waals surface area contributed by atoms with E-state index in [2.05, 4.69) is 0 Å². The zero-order valence-electron chi connectivity index (χ0n) is 8.77. The molecule has 0 fully saturated rings. The highest BCUT2D eigenvalue weighted by Crippen LogP contribution is 1.94. The van der Waals surface area contributed by atoms with Gasteiger partial charge in [-0.15, -0.1) is 0 Å². The average Bonchev–Trinajstić information content (AvgIpc) is 2.18. The van der Waals surface area contributed by atoms with Crippen LogP contribution in [0.2, 0.25) is 0 Å². The van der Waals surface area contributed by atoms with Gasteiger partial charge < -0.3 is 20.1 Å². The molecular weight excluding hydrogens is 188 g/mol. The first kappa shape index (κ1) is 15.8. The third-order valence-corrected chi connectivity index (χ3v) is 1.31. The molecule has 0 rings (SSSR count). The molecule has 14 heavy (non-hydrogen) atoms. The Bertz CT molecular complexity index is 124. The number of ether oxygens (including phenoxy) is 1. The summed E-state index contributed by atoms with van der Waals surface area (Å²) in [5.41, 5.74) is 0. The highest BCUT2D eigenvalue weighted by Gasteiger charge is 2.09. The fourth-order valence-electron chi connectivity index (χ4n) is 0.476. The molecule has 0 aliphatic heterocycles. The van der Waals surface area contributed by atoms with Crippen molar-refractivity contribution in [1.29, 1.82) is 0 Å². The van der Waals surface area contributed by atoms with Crippen molar-refractivity contribution < 1.29 is 24.9 Å². The van der Waals surface area contributed by atoms with E-state index in [-0.39, 0.29) is 13.2 Å². The van der Waals surface area contributed by atoms with Crippen molar-refractivity contribution in [2.75, 3.05) is 19.8 Å². The van der Waals surface area contributed by atoms with Crippen molar-refractivity contribution in [2.45, 2.75) is 32.8 Å². The van der Waals surface area contributed by atoms with Crippen LogP contribution in [-0.2, 0) is 9.53 Å². The first-order chi connectivity index (χ1) is 6.59. The molecule has 0 aromatic carbocycles. The van der Waals surface area contributed by atoms with E-state index in [1.165, 1.54) is 6.92 Å². The average molecular weight is 208 g/mol. The summed E-state index contributed by atoms with van der Waals surface area (Å²) in [6.07, 6.45) is 1.30. The molecule has 0 amide bonds. The lowest BCUT2D eigenvalue weighted by Crippen LogP contribution is -2.20. The van der Waals surface area contributed by atoms with Crippen molar-refractivity contribution >= 4 is 5.97 Å². The second-order valence-electron chi connectivity index (χ2n) is 2.65. The van der Waals surface area contributed by atoms with Crippen LogP contribution < -0.4 is 0 Å². The summed E-state index contributed by atoms with van der Waals surface area (Å²) in [7, 11) is 0. The smallest absolute Gasteiger partial charge is 0.332 e. The normalized spacial score (nSPS) is 11.4. The second kappa shape index (κ2) is 12.3. The zero-order valence-corrected chi connectivity index (χ0v) is 8.77. The van der Waals surface area contributed by atoms with Crippen molar-refractivity contribution in [3.05, 3.63) is 0 Å². The molecule has 0 spiro atoms. The van der Waals surface area contributed by atoms with Gasteiger partial charge in [-0.1, -0.05) is 13.3 Å². The minimum absolute atomic E-state index is 0.125. The van der Waals surface area contributed by atoms with Crippen LogP contribution in [0.15, 0.2) is 0 Å². The molecule has 0 radical (unpaired) electrons. The van der Waals surface area contributed by atoms with Crippen LogP contribution in [0.4, 0.5) is 0 Å². The van der Waals surface area contributed by atoms with E-state index < -0.39 is 12.1 Å². The largest absolute Gasteiger partial charge is 0.479 e. The topological polar surface area (TPSA) is 87.0 Å². The Balaban J connectivity index is 0. The first-order valence-corrected chi connectivity index (χ1v) is 4.66. The van der Waals surface area contributed by atoms with Gasteiger partial charge in [-0.2, -0.15) is 0 Å². The SMILES string of the molecule is CCCCOC(C)C(=O)O.OCCO. The van der Waals surface area contributed by atoms with Crippen LogP contribution >= 0.6 is 0 Å². The van der Waals surface area contributed by atoms with Crippen molar-refractivity contribution in [2.24, 2.45) is 0 Å². The molecule has 0 aromatic rings. The van der Waals surface area contributed by atoms with Gasteiger partial charge in [0.15, 0.2) is 6.10 Å². The molecule has 0 saturated heterocycles. The van der Waals surface area contributed by atoms with E-state index in [1.54, 1.807) is 0 Å². The summed E-state index contributed by atoms with van der Waals surface area (Å²) >= 11 is 0. The number of aliphatic hydroxyl groups is 2. The highest BCUT2D eigenvalue weighted by molar-refractivity contribution is 5.71. The van der Waals surface area contributed by atoms with E-state index in [4.69, 9.17) is 20.1 Å². The van der Waals surface area contributed by atoms with Gasteiger partial charge in [-0.05, 0) is 13.3 Å². The van der Waals surface area contributed by atoms with Gasteiger partial charge in [-0.3, -0.25) is 0 Å². The fourth-order valence-corrected chi connectivity index (χ4v) is 0.476. The van der Waals surface area contributed by atoms with Gasteiger partial charge >= 0.3 is 5.97 Å². The van der Waals surface area contributed by atoms with E-state index in [0.717, 1.165) is 12.8 Å². The molecule has 0 saturated carbocycles. The Kier molecular flexibility index (Phi) is 13.9. The fraction of sp³-hybridized carbons (Fsp3) is 0.889. The van der Waals surface area contributed by atoms with E-state index in [0.29, 0.717) is 6.61 Å². The van der Waals surface area contributed by atoms with Gasteiger partial charge in [0.1, 0.15) is 0 Å². The maximum absolute atomic E-state index is 10.2. The Morgan fingerprint density at radius 1 is 1.36 bits per heavy atom. The highest BCUT2D eigenvalue weighted by atomic mass is 16.5. The predicted octanol–water partition coefficient (Wildman–Crippen LogP) is 0.247. The molecule has 1 unspecified atom stereocenters. The van der Waals surface area contributed by atoms with Crippen LogP contribution in [0.1, 0.15) is 26.7 Å². The zero-order chi connectivity index (χ0) is 11.4. The molecular formula is C9H20O5. The minimum Gasteiger partial charge on any atom is -0.479 e. The van der Waals surface area contributed by atoms with Gasteiger partial charge in [0.2, 0.25) is 0 Å². The third-order valence-electron chi connectivity index (χ3n) is 1.31. The van der Waals surface area contributed by atoms with Crippen LogP contribution in [0.25, 0.3) is 0 Å². The van der Waals surface area contributed by atoms with Crippen molar-refractivity contribution in [3.63, 3.8) is 0 Å². The number of hydrogen-bond donors (Lipinski definition) is 3. The number of carbonyl (C=O) groups is 1. The molecule has 5 nitrogen and oxygen atoms in total. The van der Waals surface area contributed by atoms with Crippen molar-refractivity contribution in [1.82, 2.24) is 0 Å². The summed E-state index contributed by atoms with van der Waals surface area (Å²) in [6, 6.07) is 0. The summed E-state index contributed by atoms with van der Waals surface area (Å²) in [5.74, 6) is -0.892. The van der Waals surface area contributed by atoms with Gasteiger partial charge in [0, 0.05) is 6.61 Å². The molecule has 0 aliphatic carbocycles. The predicted molar refractivity (Wildman–Crippen MR) is 52.1 cm³/mol. The molecule has 0 aromatic heterocycles. The Morgan fingerprint density at radius 2 is 1.86 bits per heavy atom. The van der Waals surface area contributed by atoms with Crippen LogP contribution in [-0.4, -0.2) is 47.2 Å². The lowest BCUT2D eigenvalue weighted by Gasteiger charge is -2.06. The second-order valence-corrected chi connectivity index (χ2v) is 2.65. The monoisotopic (exact) mass is 208 g/mol. The van der Waals surface area contributed by atoms with Gasteiger partial charge in [-0.25, -0.2) is 4.79 Å². The summed E-state index contributed by atoms with van der Waals surface area (Å²) < 4.78 is 4.94.